The van der Waals surface area contributed by atoms with E-state index in [1.54, 1.807) is 0 Å². The van der Waals surface area contributed by atoms with Gasteiger partial charge in [0.15, 0.2) is 0 Å². The van der Waals surface area contributed by atoms with Crippen LogP contribution in [0.15, 0.2) is 60.7 Å². The summed E-state index contributed by atoms with van der Waals surface area (Å²) in [6.45, 7) is 5.16. The van der Waals surface area contributed by atoms with Crippen LogP contribution < -0.4 is 5.32 Å². The minimum Gasteiger partial charge on any atom is -0.396 e. The Kier molecular flexibility index (Phi) is 6.21. The van der Waals surface area contributed by atoms with E-state index in [0.717, 1.165) is 36.5 Å². The first-order valence-electron chi connectivity index (χ1n) is 9.20. The van der Waals surface area contributed by atoms with Crippen molar-refractivity contribution in [2.24, 2.45) is 0 Å². The van der Waals surface area contributed by atoms with E-state index in [4.69, 9.17) is 5.10 Å². The molecule has 1 aromatic heterocycles. The molecule has 1 atom stereocenters. The van der Waals surface area contributed by atoms with Gasteiger partial charge in [-0.3, -0.25) is 0 Å². The van der Waals surface area contributed by atoms with Gasteiger partial charge in [-0.25, -0.2) is 4.68 Å². The number of aryl methyl sites for hydroxylation is 1. The monoisotopic (exact) mass is 349 g/mol. The minimum absolute atomic E-state index is 0.217. The second-order valence-corrected chi connectivity index (χ2v) is 6.61. The van der Waals surface area contributed by atoms with Gasteiger partial charge in [0.25, 0.3) is 0 Å². The summed E-state index contributed by atoms with van der Waals surface area (Å²) in [5.74, 6) is 0. The van der Waals surface area contributed by atoms with Crippen molar-refractivity contribution >= 4 is 0 Å². The smallest absolute Gasteiger partial charge is 0.0648 e. The van der Waals surface area contributed by atoms with Gasteiger partial charge in [0, 0.05) is 30.5 Å². The summed E-state index contributed by atoms with van der Waals surface area (Å²) >= 11 is 0. The molecule has 0 aliphatic heterocycles. The topological polar surface area (TPSA) is 50.1 Å². The highest BCUT2D eigenvalue weighted by atomic mass is 16.2. The second kappa shape index (κ2) is 8.79. The van der Waals surface area contributed by atoms with Crippen molar-refractivity contribution in [2.45, 2.75) is 39.3 Å². The standard InChI is InChI=1S/C22H27N3O/c1-17-21(18(2)25(24-17)20-12-7-4-8-13-20)16-23-22(14-9-15-26)19-10-5-3-6-11-19/h3-8,10-13,22-23,26H,9,14-16H2,1-2H3. The number of benzene rings is 2. The Bertz CT molecular complexity index is 812. The average Bonchev–Trinajstić information content (AvgIpc) is 2.97. The number of rotatable bonds is 8. The van der Waals surface area contributed by atoms with Gasteiger partial charge in [0.1, 0.15) is 0 Å². The number of aliphatic hydroxyl groups excluding tert-OH is 1. The number of aliphatic hydroxyl groups is 1. The van der Waals surface area contributed by atoms with Crippen molar-refractivity contribution in [1.82, 2.24) is 15.1 Å². The van der Waals surface area contributed by atoms with Crippen LogP contribution in [0.3, 0.4) is 0 Å². The molecule has 4 nitrogen and oxygen atoms in total. The molecule has 0 fully saturated rings. The lowest BCUT2D eigenvalue weighted by Gasteiger charge is -2.19. The minimum atomic E-state index is 0.217. The highest BCUT2D eigenvalue weighted by Gasteiger charge is 2.16. The third kappa shape index (κ3) is 4.21. The number of nitrogens with zero attached hydrogens (tertiary/aromatic N) is 2. The summed E-state index contributed by atoms with van der Waals surface area (Å²) in [7, 11) is 0. The number of aromatic nitrogens is 2. The van der Waals surface area contributed by atoms with Gasteiger partial charge in [0.05, 0.1) is 11.4 Å². The highest BCUT2D eigenvalue weighted by molar-refractivity contribution is 5.37. The van der Waals surface area contributed by atoms with Gasteiger partial charge < -0.3 is 10.4 Å². The molecule has 0 radical (unpaired) electrons. The largest absolute Gasteiger partial charge is 0.396 e. The third-order valence-corrected chi connectivity index (χ3v) is 4.82. The summed E-state index contributed by atoms with van der Waals surface area (Å²) in [6.07, 6.45) is 1.69. The predicted molar refractivity (Wildman–Crippen MR) is 105 cm³/mol. The normalized spacial score (nSPS) is 12.3. The molecule has 4 heteroatoms. The second-order valence-electron chi connectivity index (χ2n) is 6.61. The van der Waals surface area contributed by atoms with E-state index < -0.39 is 0 Å². The summed E-state index contributed by atoms with van der Waals surface area (Å²) < 4.78 is 2.01. The Balaban J connectivity index is 1.78. The zero-order valence-corrected chi connectivity index (χ0v) is 15.5. The third-order valence-electron chi connectivity index (χ3n) is 4.82. The SMILES string of the molecule is Cc1nn(-c2ccccc2)c(C)c1CNC(CCCO)c1ccccc1. The van der Waals surface area contributed by atoms with E-state index in [1.807, 2.05) is 28.9 Å². The molecule has 0 bridgehead atoms. The Morgan fingerprint density at radius 1 is 1.00 bits per heavy atom. The molecule has 0 spiro atoms. The van der Waals surface area contributed by atoms with Crippen molar-refractivity contribution in [1.29, 1.82) is 0 Å². The summed E-state index contributed by atoms with van der Waals surface area (Å²) in [5.41, 5.74) is 5.78. The van der Waals surface area contributed by atoms with Crippen molar-refractivity contribution in [3.8, 4) is 5.69 Å². The van der Waals surface area contributed by atoms with Crippen LogP contribution >= 0.6 is 0 Å². The fraction of sp³-hybridized carbons (Fsp3) is 0.318. The number of hydrogen-bond acceptors (Lipinski definition) is 3. The van der Waals surface area contributed by atoms with Gasteiger partial charge in [-0.2, -0.15) is 5.10 Å². The van der Waals surface area contributed by atoms with Gasteiger partial charge in [-0.05, 0) is 44.4 Å². The van der Waals surface area contributed by atoms with E-state index in [0.29, 0.717) is 0 Å². The Labute approximate surface area is 155 Å². The Morgan fingerprint density at radius 3 is 2.31 bits per heavy atom. The van der Waals surface area contributed by atoms with Gasteiger partial charge in [-0.1, -0.05) is 48.5 Å². The highest BCUT2D eigenvalue weighted by Crippen LogP contribution is 2.22. The van der Waals surface area contributed by atoms with Gasteiger partial charge in [-0.15, -0.1) is 0 Å². The van der Waals surface area contributed by atoms with Crippen LogP contribution in [0.1, 0.15) is 41.4 Å². The maximum Gasteiger partial charge on any atom is 0.0648 e. The molecule has 0 saturated heterocycles. The molecule has 3 rings (SSSR count). The molecule has 136 valence electrons. The van der Waals surface area contributed by atoms with E-state index in [2.05, 4.69) is 55.6 Å². The first-order valence-corrected chi connectivity index (χ1v) is 9.20. The molecule has 26 heavy (non-hydrogen) atoms. The van der Waals surface area contributed by atoms with Crippen molar-refractivity contribution in [2.75, 3.05) is 6.61 Å². The van der Waals surface area contributed by atoms with E-state index in [1.165, 1.54) is 11.1 Å². The summed E-state index contributed by atoms with van der Waals surface area (Å²) in [5, 5.41) is 17.6. The first-order chi connectivity index (χ1) is 12.7. The lowest BCUT2D eigenvalue weighted by atomic mass is 10.0. The molecule has 0 aliphatic carbocycles. The van der Waals surface area contributed by atoms with E-state index >= 15 is 0 Å². The molecular weight excluding hydrogens is 322 g/mol. The molecule has 0 saturated carbocycles. The van der Waals surface area contributed by atoms with Crippen molar-refractivity contribution in [3.63, 3.8) is 0 Å². The molecule has 0 aliphatic rings. The van der Waals surface area contributed by atoms with Crippen LogP contribution in [0.2, 0.25) is 0 Å². The summed E-state index contributed by atoms with van der Waals surface area (Å²) in [6, 6.07) is 20.9. The quantitative estimate of drug-likeness (QED) is 0.644. The van der Waals surface area contributed by atoms with Crippen LogP contribution in [0, 0.1) is 13.8 Å². The molecule has 2 N–H and O–H groups in total. The zero-order valence-electron chi connectivity index (χ0n) is 15.5. The maximum absolute atomic E-state index is 9.22. The van der Waals surface area contributed by atoms with Crippen LogP contribution in [0.4, 0.5) is 0 Å². The molecule has 1 heterocycles. The van der Waals surface area contributed by atoms with E-state index in [-0.39, 0.29) is 12.6 Å². The molecule has 0 amide bonds. The molecule has 2 aromatic carbocycles. The van der Waals surface area contributed by atoms with Crippen molar-refractivity contribution in [3.05, 3.63) is 83.2 Å². The summed E-state index contributed by atoms with van der Waals surface area (Å²) in [4.78, 5) is 0. The fourth-order valence-corrected chi connectivity index (χ4v) is 3.34. The number of hydrogen-bond donors (Lipinski definition) is 2. The van der Waals surface area contributed by atoms with Crippen molar-refractivity contribution < 1.29 is 5.11 Å². The number of para-hydroxylation sites is 1. The lowest BCUT2D eigenvalue weighted by molar-refractivity contribution is 0.275. The average molecular weight is 349 g/mol. The lowest BCUT2D eigenvalue weighted by Crippen LogP contribution is -2.22. The zero-order chi connectivity index (χ0) is 18.4. The molecule has 3 aromatic rings. The Morgan fingerprint density at radius 2 is 1.65 bits per heavy atom. The Hall–Kier alpha value is -2.43. The fourth-order valence-electron chi connectivity index (χ4n) is 3.34. The predicted octanol–water partition coefficient (Wildman–Crippen LogP) is 4.09. The van der Waals surface area contributed by atoms with E-state index in [9.17, 15) is 5.11 Å². The molecule has 1 unspecified atom stereocenters. The van der Waals surface area contributed by atoms with Crippen LogP contribution in [-0.2, 0) is 6.54 Å². The molecular formula is C22H27N3O. The van der Waals surface area contributed by atoms with Crippen LogP contribution in [0.5, 0.6) is 0 Å². The van der Waals surface area contributed by atoms with Gasteiger partial charge >= 0.3 is 0 Å². The van der Waals surface area contributed by atoms with Crippen LogP contribution in [0.25, 0.3) is 5.69 Å². The first kappa shape index (κ1) is 18.4. The van der Waals surface area contributed by atoms with Crippen LogP contribution in [-0.4, -0.2) is 21.5 Å². The number of nitrogens with one attached hydrogen (secondary N) is 1. The maximum atomic E-state index is 9.22. The van der Waals surface area contributed by atoms with Gasteiger partial charge in [0.2, 0.25) is 0 Å².